The summed E-state index contributed by atoms with van der Waals surface area (Å²) in [5.74, 6) is -0.334. The van der Waals surface area contributed by atoms with Crippen molar-refractivity contribution in [2.45, 2.75) is 13.3 Å². The Morgan fingerprint density at radius 1 is 1.03 bits per heavy atom. The number of sulfonamides is 1. The van der Waals surface area contributed by atoms with Crippen molar-refractivity contribution in [1.29, 1.82) is 0 Å². The largest absolute Gasteiger partial charge is 0.484 e. The molecule has 0 fully saturated rings. The predicted octanol–water partition coefficient (Wildman–Crippen LogP) is 3.30. The monoisotopic (exact) mass is 556 g/mol. The SMILES string of the molecule is Cc1ccc(Cl)cc1N(CC(=O)N/N=C\c1ccc(OCC(=O)NCCc2ccccc2)cc1)S(C)(=O)=O. The number of nitrogens with zero attached hydrogens (tertiary/aromatic N) is 2. The minimum Gasteiger partial charge on any atom is -0.484 e. The van der Waals surface area contributed by atoms with E-state index >= 15 is 0 Å². The Hall–Kier alpha value is -3.89. The molecule has 0 radical (unpaired) electrons. The van der Waals surface area contributed by atoms with Gasteiger partial charge < -0.3 is 10.1 Å². The molecule has 0 heterocycles. The molecule has 0 aliphatic heterocycles. The summed E-state index contributed by atoms with van der Waals surface area (Å²) in [5.41, 5.74) is 5.11. The maximum atomic E-state index is 12.4. The van der Waals surface area contributed by atoms with Crippen LogP contribution in [0.2, 0.25) is 5.02 Å². The fourth-order valence-electron chi connectivity index (χ4n) is 3.42. The number of aryl methyl sites for hydroxylation is 1. The lowest BCUT2D eigenvalue weighted by atomic mass is 10.1. The fourth-order valence-corrected chi connectivity index (χ4v) is 4.49. The Kier molecular flexibility index (Phi) is 10.3. The maximum Gasteiger partial charge on any atom is 0.260 e. The Morgan fingerprint density at radius 3 is 2.42 bits per heavy atom. The predicted molar refractivity (Wildman–Crippen MR) is 149 cm³/mol. The number of halogens is 1. The third kappa shape index (κ3) is 9.20. The zero-order valence-electron chi connectivity index (χ0n) is 21.1. The van der Waals surface area contributed by atoms with Gasteiger partial charge in [0.25, 0.3) is 11.8 Å². The summed E-state index contributed by atoms with van der Waals surface area (Å²) in [5, 5.41) is 7.07. The molecule has 0 aliphatic carbocycles. The van der Waals surface area contributed by atoms with Crippen LogP contribution < -0.4 is 19.8 Å². The third-order valence-electron chi connectivity index (χ3n) is 5.36. The van der Waals surface area contributed by atoms with Crippen LogP contribution in [-0.2, 0) is 26.0 Å². The molecule has 0 aliphatic rings. The highest BCUT2D eigenvalue weighted by Gasteiger charge is 2.22. The number of carbonyl (C=O) groups is 2. The minimum atomic E-state index is -3.74. The lowest BCUT2D eigenvalue weighted by molar-refractivity contribution is -0.123. The van der Waals surface area contributed by atoms with Gasteiger partial charge in [-0.2, -0.15) is 5.10 Å². The molecule has 0 saturated heterocycles. The van der Waals surface area contributed by atoms with E-state index in [0.717, 1.165) is 22.5 Å². The van der Waals surface area contributed by atoms with Crippen LogP contribution in [0.25, 0.3) is 0 Å². The topological polar surface area (TPSA) is 117 Å². The summed E-state index contributed by atoms with van der Waals surface area (Å²) >= 11 is 6.01. The Morgan fingerprint density at radius 2 is 1.74 bits per heavy atom. The van der Waals surface area contributed by atoms with E-state index in [1.807, 2.05) is 30.3 Å². The number of rotatable bonds is 12. The van der Waals surface area contributed by atoms with Gasteiger partial charge in [-0.1, -0.05) is 48.0 Å². The van der Waals surface area contributed by atoms with E-state index in [0.29, 0.717) is 34.1 Å². The highest BCUT2D eigenvalue weighted by molar-refractivity contribution is 7.92. The number of carbonyl (C=O) groups excluding carboxylic acids is 2. The molecule has 0 aromatic heterocycles. The smallest absolute Gasteiger partial charge is 0.260 e. The summed E-state index contributed by atoms with van der Waals surface area (Å²) in [6.07, 6.45) is 3.17. The minimum absolute atomic E-state index is 0.110. The average molecular weight is 557 g/mol. The molecule has 200 valence electrons. The number of hydrogen-bond acceptors (Lipinski definition) is 6. The quantitative estimate of drug-likeness (QED) is 0.262. The summed E-state index contributed by atoms with van der Waals surface area (Å²) in [4.78, 5) is 24.4. The van der Waals surface area contributed by atoms with E-state index in [1.165, 1.54) is 12.3 Å². The van der Waals surface area contributed by atoms with Gasteiger partial charge in [-0.05, 0) is 66.4 Å². The van der Waals surface area contributed by atoms with Gasteiger partial charge in [0.1, 0.15) is 12.3 Å². The second-order valence-electron chi connectivity index (χ2n) is 8.44. The van der Waals surface area contributed by atoms with Crippen LogP contribution in [0, 0.1) is 6.92 Å². The van der Waals surface area contributed by atoms with Crippen molar-refractivity contribution in [1.82, 2.24) is 10.7 Å². The highest BCUT2D eigenvalue weighted by atomic mass is 35.5. The Balaban J connectivity index is 1.46. The molecule has 11 heteroatoms. The molecule has 3 aromatic rings. The number of anilines is 1. The lowest BCUT2D eigenvalue weighted by Crippen LogP contribution is -2.39. The molecular formula is C27H29ClN4O5S. The summed E-state index contributed by atoms with van der Waals surface area (Å²) < 4.78 is 31.1. The van der Waals surface area contributed by atoms with Gasteiger partial charge in [0, 0.05) is 11.6 Å². The van der Waals surface area contributed by atoms with Gasteiger partial charge in [0.2, 0.25) is 10.0 Å². The van der Waals surface area contributed by atoms with Crippen LogP contribution in [0.3, 0.4) is 0 Å². The molecule has 0 unspecified atom stereocenters. The van der Waals surface area contributed by atoms with Crippen molar-refractivity contribution in [3.05, 3.63) is 94.5 Å². The number of benzene rings is 3. The van der Waals surface area contributed by atoms with Gasteiger partial charge in [-0.15, -0.1) is 0 Å². The van der Waals surface area contributed by atoms with Crippen LogP contribution in [0.15, 0.2) is 77.9 Å². The average Bonchev–Trinajstić information content (AvgIpc) is 2.88. The van der Waals surface area contributed by atoms with Crippen molar-refractivity contribution in [3.63, 3.8) is 0 Å². The third-order valence-corrected chi connectivity index (χ3v) is 6.72. The number of ether oxygens (including phenoxy) is 1. The second kappa shape index (κ2) is 13.6. The lowest BCUT2D eigenvalue weighted by Gasteiger charge is -2.23. The fraction of sp³-hybridized carbons (Fsp3) is 0.222. The molecule has 0 atom stereocenters. The number of amides is 2. The maximum absolute atomic E-state index is 12.4. The van der Waals surface area contributed by atoms with Crippen LogP contribution in [0.1, 0.15) is 16.7 Å². The zero-order valence-corrected chi connectivity index (χ0v) is 22.6. The van der Waals surface area contributed by atoms with Crippen molar-refractivity contribution in [2.24, 2.45) is 5.10 Å². The van der Waals surface area contributed by atoms with E-state index in [-0.39, 0.29) is 12.5 Å². The van der Waals surface area contributed by atoms with E-state index in [4.69, 9.17) is 16.3 Å². The molecular weight excluding hydrogens is 528 g/mol. The molecule has 3 rings (SSSR count). The molecule has 0 spiro atoms. The van der Waals surface area contributed by atoms with Crippen LogP contribution in [-0.4, -0.2) is 52.4 Å². The van der Waals surface area contributed by atoms with Crippen molar-refractivity contribution in [3.8, 4) is 5.75 Å². The van der Waals surface area contributed by atoms with Crippen molar-refractivity contribution < 1.29 is 22.7 Å². The first-order valence-electron chi connectivity index (χ1n) is 11.7. The second-order valence-corrected chi connectivity index (χ2v) is 10.8. The first-order valence-corrected chi connectivity index (χ1v) is 13.9. The first-order chi connectivity index (χ1) is 18.1. The molecule has 2 N–H and O–H groups in total. The van der Waals surface area contributed by atoms with E-state index in [9.17, 15) is 18.0 Å². The molecule has 2 amide bonds. The van der Waals surface area contributed by atoms with Gasteiger partial charge >= 0.3 is 0 Å². The summed E-state index contributed by atoms with van der Waals surface area (Å²) in [7, 11) is -3.74. The molecule has 38 heavy (non-hydrogen) atoms. The number of hydrazone groups is 1. The van der Waals surface area contributed by atoms with Gasteiger partial charge in [-0.25, -0.2) is 13.8 Å². The summed E-state index contributed by atoms with van der Waals surface area (Å²) in [6, 6.07) is 21.4. The Labute approximate surface area is 227 Å². The molecule has 0 bridgehead atoms. The molecule has 9 nitrogen and oxygen atoms in total. The van der Waals surface area contributed by atoms with Crippen molar-refractivity contribution in [2.75, 3.05) is 30.3 Å². The molecule has 0 saturated carbocycles. The van der Waals surface area contributed by atoms with Gasteiger partial charge in [0.15, 0.2) is 6.61 Å². The standard InChI is InChI=1S/C27H29ClN4O5S/c1-20-8-11-23(28)16-25(20)32(38(2,35)36)18-26(33)31-30-17-22-9-12-24(13-10-22)37-19-27(34)29-15-14-21-6-4-3-5-7-21/h3-13,16-17H,14-15,18-19H2,1-2H3,(H,29,34)(H,31,33)/b30-17-. The van der Waals surface area contributed by atoms with Gasteiger partial charge in [0.05, 0.1) is 18.2 Å². The normalized spacial score (nSPS) is 11.2. The highest BCUT2D eigenvalue weighted by Crippen LogP contribution is 2.26. The molecule has 3 aromatic carbocycles. The number of nitrogens with one attached hydrogen (secondary N) is 2. The van der Waals surface area contributed by atoms with E-state index in [2.05, 4.69) is 15.8 Å². The Bertz CT molecular complexity index is 1380. The first kappa shape index (κ1) is 28.7. The van der Waals surface area contributed by atoms with Crippen LogP contribution >= 0.6 is 11.6 Å². The van der Waals surface area contributed by atoms with Gasteiger partial charge in [-0.3, -0.25) is 13.9 Å². The number of hydrogen-bond donors (Lipinski definition) is 2. The van der Waals surface area contributed by atoms with E-state index in [1.54, 1.807) is 43.3 Å². The van der Waals surface area contributed by atoms with Crippen molar-refractivity contribution >= 4 is 45.3 Å². The summed E-state index contributed by atoms with van der Waals surface area (Å²) in [6.45, 7) is 1.68. The van der Waals surface area contributed by atoms with Crippen LogP contribution in [0.5, 0.6) is 5.75 Å². The van der Waals surface area contributed by atoms with Crippen LogP contribution in [0.4, 0.5) is 5.69 Å². The zero-order chi connectivity index (χ0) is 27.5. The van der Waals surface area contributed by atoms with E-state index < -0.39 is 22.5 Å².